The van der Waals surface area contributed by atoms with Crippen LogP contribution in [0.1, 0.15) is 35.6 Å². The highest BCUT2D eigenvalue weighted by Gasteiger charge is 2.17. The first-order chi connectivity index (χ1) is 14.9. The number of rotatable bonds is 8. The number of para-hydroxylation sites is 1. The largest absolute Gasteiger partial charge is 0.452 e. The molecule has 0 saturated heterocycles. The smallest absolute Gasteiger partial charge is 0.338 e. The molecule has 0 bridgehead atoms. The average molecular weight is 421 g/mol. The van der Waals surface area contributed by atoms with Gasteiger partial charge in [-0.15, -0.1) is 0 Å². The van der Waals surface area contributed by atoms with Crippen molar-refractivity contribution in [2.45, 2.75) is 27.7 Å². The zero-order chi connectivity index (χ0) is 22.4. The Bertz CT molecular complexity index is 1040. The normalized spacial score (nSPS) is 10.6. The van der Waals surface area contributed by atoms with Crippen LogP contribution in [0.4, 0.5) is 11.4 Å². The van der Waals surface area contributed by atoms with Crippen LogP contribution in [-0.2, 0) is 9.53 Å². The fourth-order valence-corrected chi connectivity index (χ4v) is 3.43. The molecule has 162 valence electrons. The maximum absolute atomic E-state index is 12.4. The van der Waals surface area contributed by atoms with Gasteiger partial charge >= 0.3 is 5.97 Å². The molecule has 1 amide bonds. The van der Waals surface area contributed by atoms with E-state index in [1.807, 2.05) is 56.3 Å². The predicted octanol–water partition coefficient (Wildman–Crippen LogP) is 4.13. The molecule has 7 nitrogen and oxygen atoms in total. The van der Waals surface area contributed by atoms with Gasteiger partial charge in [-0.1, -0.05) is 18.2 Å². The maximum Gasteiger partial charge on any atom is 0.338 e. The molecule has 0 radical (unpaired) electrons. The number of amides is 1. The van der Waals surface area contributed by atoms with Crippen LogP contribution in [0.2, 0.25) is 0 Å². The SMILES string of the molecule is CCN(CC)c1ccc(C(=O)OCC(=O)Nc2c(C)nn(-c3ccccc3)c2C)cc1. The summed E-state index contributed by atoms with van der Waals surface area (Å²) in [5.74, 6) is -0.943. The number of esters is 1. The molecule has 3 aromatic rings. The van der Waals surface area contributed by atoms with Gasteiger partial charge in [0.15, 0.2) is 6.61 Å². The van der Waals surface area contributed by atoms with E-state index >= 15 is 0 Å². The van der Waals surface area contributed by atoms with Crippen LogP contribution in [0.3, 0.4) is 0 Å². The second-order valence-corrected chi connectivity index (χ2v) is 7.14. The van der Waals surface area contributed by atoms with E-state index in [4.69, 9.17) is 4.74 Å². The van der Waals surface area contributed by atoms with Crippen molar-refractivity contribution in [3.8, 4) is 5.69 Å². The van der Waals surface area contributed by atoms with Gasteiger partial charge in [-0.25, -0.2) is 9.48 Å². The molecule has 0 atom stereocenters. The number of nitrogens with one attached hydrogen (secondary N) is 1. The van der Waals surface area contributed by atoms with E-state index in [-0.39, 0.29) is 6.61 Å². The fraction of sp³-hybridized carbons (Fsp3) is 0.292. The van der Waals surface area contributed by atoms with Crippen molar-refractivity contribution >= 4 is 23.3 Å². The first kappa shape index (κ1) is 22.1. The summed E-state index contributed by atoms with van der Waals surface area (Å²) in [7, 11) is 0. The summed E-state index contributed by atoms with van der Waals surface area (Å²) < 4.78 is 6.97. The summed E-state index contributed by atoms with van der Waals surface area (Å²) in [6, 6.07) is 16.9. The van der Waals surface area contributed by atoms with E-state index in [0.717, 1.165) is 30.2 Å². The zero-order valence-electron chi connectivity index (χ0n) is 18.4. The molecule has 0 aliphatic heterocycles. The third-order valence-electron chi connectivity index (χ3n) is 5.12. The molecule has 1 aromatic heterocycles. The predicted molar refractivity (Wildman–Crippen MR) is 122 cm³/mol. The summed E-state index contributed by atoms with van der Waals surface area (Å²) in [6.07, 6.45) is 0. The summed E-state index contributed by atoms with van der Waals surface area (Å²) in [5.41, 5.74) is 4.47. The quantitative estimate of drug-likeness (QED) is 0.555. The van der Waals surface area contributed by atoms with Crippen LogP contribution in [0.15, 0.2) is 54.6 Å². The van der Waals surface area contributed by atoms with Gasteiger partial charge in [0, 0.05) is 18.8 Å². The van der Waals surface area contributed by atoms with Crippen molar-refractivity contribution in [1.29, 1.82) is 0 Å². The molecule has 2 aromatic carbocycles. The third kappa shape index (κ3) is 5.12. The Morgan fingerprint density at radius 3 is 2.26 bits per heavy atom. The van der Waals surface area contributed by atoms with Gasteiger partial charge in [-0.2, -0.15) is 5.10 Å². The van der Waals surface area contributed by atoms with E-state index in [9.17, 15) is 9.59 Å². The minimum Gasteiger partial charge on any atom is -0.452 e. The third-order valence-corrected chi connectivity index (χ3v) is 5.12. The number of hydrogen-bond donors (Lipinski definition) is 1. The Balaban J connectivity index is 1.60. The van der Waals surface area contributed by atoms with Gasteiger partial charge in [-0.05, 0) is 64.1 Å². The Morgan fingerprint density at radius 2 is 1.65 bits per heavy atom. The lowest BCUT2D eigenvalue weighted by molar-refractivity contribution is -0.119. The van der Waals surface area contributed by atoms with Crippen molar-refractivity contribution in [3.05, 3.63) is 71.5 Å². The fourth-order valence-electron chi connectivity index (χ4n) is 3.43. The van der Waals surface area contributed by atoms with E-state index in [1.165, 1.54) is 0 Å². The molecule has 0 fully saturated rings. The first-order valence-electron chi connectivity index (χ1n) is 10.4. The molecule has 1 N–H and O–H groups in total. The minimum absolute atomic E-state index is 0.369. The minimum atomic E-state index is -0.533. The number of benzene rings is 2. The Kier molecular flexibility index (Phi) is 7.07. The highest BCUT2D eigenvalue weighted by molar-refractivity contribution is 5.96. The number of carbonyl (C=O) groups is 2. The standard InChI is InChI=1S/C24H28N4O3/c1-5-27(6-2)20-14-12-19(13-15-20)24(30)31-16-22(29)25-23-17(3)26-28(18(23)4)21-10-8-7-9-11-21/h7-15H,5-6,16H2,1-4H3,(H,25,29). The molecule has 7 heteroatoms. The second kappa shape index (κ2) is 9.93. The molecule has 0 aliphatic carbocycles. The van der Waals surface area contributed by atoms with Crippen molar-refractivity contribution in [1.82, 2.24) is 9.78 Å². The highest BCUT2D eigenvalue weighted by Crippen LogP contribution is 2.22. The van der Waals surface area contributed by atoms with E-state index in [1.54, 1.807) is 16.8 Å². The van der Waals surface area contributed by atoms with Crippen LogP contribution in [0.5, 0.6) is 0 Å². The zero-order valence-corrected chi connectivity index (χ0v) is 18.4. The Hall–Kier alpha value is -3.61. The molecular formula is C24H28N4O3. The van der Waals surface area contributed by atoms with Gasteiger partial charge < -0.3 is 15.0 Å². The van der Waals surface area contributed by atoms with Crippen LogP contribution < -0.4 is 10.2 Å². The average Bonchev–Trinajstić information content (AvgIpc) is 3.07. The van der Waals surface area contributed by atoms with Crippen LogP contribution in [0.25, 0.3) is 5.69 Å². The lowest BCUT2D eigenvalue weighted by Gasteiger charge is -2.20. The maximum atomic E-state index is 12.4. The topological polar surface area (TPSA) is 76.5 Å². The molecular weight excluding hydrogens is 392 g/mol. The lowest BCUT2D eigenvalue weighted by atomic mass is 10.2. The van der Waals surface area contributed by atoms with Gasteiger partial charge in [0.25, 0.3) is 5.91 Å². The molecule has 0 saturated carbocycles. The number of nitrogens with zero attached hydrogens (tertiary/aromatic N) is 3. The monoisotopic (exact) mass is 420 g/mol. The van der Waals surface area contributed by atoms with Crippen LogP contribution in [-0.4, -0.2) is 41.4 Å². The molecule has 0 aliphatic rings. The highest BCUT2D eigenvalue weighted by atomic mass is 16.5. The van der Waals surface area contributed by atoms with Gasteiger partial charge in [-0.3, -0.25) is 4.79 Å². The van der Waals surface area contributed by atoms with E-state index < -0.39 is 11.9 Å². The second-order valence-electron chi connectivity index (χ2n) is 7.14. The molecule has 3 rings (SSSR count). The van der Waals surface area contributed by atoms with Crippen LogP contribution >= 0.6 is 0 Å². The van der Waals surface area contributed by atoms with Crippen molar-refractivity contribution in [3.63, 3.8) is 0 Å². The number of anilines is 2. The molecule has 0 spiro atoms. The van der Waals surface area contributed by atoms with Crippen molar-refractivity contribution < 1.29 is 14.3 Å². The van der Waals surface area contributed by atoms with Gasteiger partial charge in [0.05, 0.1) is 28.3 Å². The Morgan fingerprint density at radius 1 is 1.00 bits per heavy atom. The summed E-state index contributed by atoms with van der Waals surface area (Å²) in [4.78, 5) is 26.9. The number of aryl methyl sites for hydroxylation is 1. The molecule has 31 heavy (non-hydrogen) atoms. The lowest BCUT2D eigenvalue weighted by Crippen LogP contribution is -2.22. The Labute approximate surface area is 182 Å². The summed E-state index contributed by atoms with van der Waals surface area (Å²) in [6.45, 7) is 9.28. The molecule has 0 unspecified atom stereocenters. The van der Waals surface area contributed by atoms with Crippen LogP contribution in [0, 0.1) is 13.8 Å². The number of hydrogen-bond acceptors (Lipinski definition) is 5. The summed E-state index contributed by atoms with van der Waals surface area (Å²) in [5, 5.41) is 7.31. The number of carbonyl (C=O) groups excluding carboxylic acids is 2. The number of ether oxygens (including phenoxy) is 1. The van der Waals surface area contributed by atoms with Gasteiger partial charge in [0.2, 0.25) is 0 Å². The van der Waals surface area contributed by atoms with Crippen molar-refractivity contribution in [2.24, 2.45) is 0 Å². The first-order valence-corrected chi connectivity index (χ1v) is 10.4. The van der Waals surface area contributed by atoms with E-state index in [0.29, 0.717) is 16.9 Å². The van der Waals surface area contributed by atoms with E-state index in [2.05, 4.69) is 29.2 Å². The number of aromatic nitrogens is 2. The van der Waals surface area contributed by atoms with Gasteiger partial charge in [0.1, 0.15) is 0 Å². The summed E-state index contributed by atoms with van der Waals surface area (Å²) >= 11 is 0. The molecule has 1 heterocycles. The van der Waals surface area contributed by atoms with Crippen molar-refractivity contribution in [2.75, 3.05) is 29.9 Å².